The molecule has 0 bridgehead atoms. The van der Waals surface area contributed by atoms with Crippen molar-refractivity contribution < 1.29 is 45.1 Å². The third-order valence-corrected chi connectivity index (χ3v) is 17.9. The number of carbonyl (C=O) groups excluding carboxylic acids is 4. The summed E-state index contributed by atoms with van der Waals surface area (Å²) in [6.07, 6.45) is 9.66. The minimum Gasteiger partial charge on any atom is -0.336 e. The van der Waals surface area contributed by atoms with E-state index < -0.39 is 31.9 Å². The standard InChI is InChI=1S/2C24H26ClN3O5S2/c2*1-13-11-14(2)20(17(12-13)21(29)16-7-5-4-6-8-16)26-23(30)22-18(9-10-34-22)35(31,32)28-24-19(25)15(3)27-33-24/h2*9-12,16,28H,4-8H2,1-3H3,(H,26,30). The first-order valence-corrected chi connectivity index (χ1v) is 28.0. The largest absolute Gasteiger partial charge is 0.336 e. The van der Waals surface area contributed by atoms with Gasteiger partial charge in [-0.05, 0) is 125 Å². The number of amides is 2. The molecule has 4 aromatic heterocycles. The lowest BCUT2D eigenvalue weighted by molar-refractivity contribution is 0.0882. The normalized spacial score (nSPS) is 14.6. The third-order valence-electron chi connectivity index (χ3n) is 12.2. The molecule has 0 saturated heterocycles. The second-order valence-electron chi connectivity index (χ2n) is 17.6. The SMILES string of the molecule is Cc1cc(C)c(NC(=O)c2sccc2S(=O)(=O)Nc2onc(C)c2Cl)c(C(=O)C2CCCCC2)c1.Cc1cc(C)c(NC(=O)c2sccc2S(=O)(=O)Nc2onc(C)c2Cl)c(C(=O)C2CCCCC2)c1. The lowest BCUT2D eigenvalue weighted by Gasteiger charge is -2.23. The molecule has 2 fully saturated rings. The number of sulfonamides is 2. The molecule has 70 heavy (non-hydrogen) atoms. The highest BCUT2D eigenvalue weighted by atomic mass is 35.5. The average Bonchev–Trinajstić information content (AvgIpc) is 4.16. The van der Waals surface area contributed by atoms with Crippen molar-refractivity contribution in [1.82, 2.24) is 10.3 Å². The van der Waals surface area contributed by atoms with Crippen LogP contribution in [0.15, 0.2) is 66.0 Å². The van der Waals surface area contributed by atoms with Gasteiger partial charge in [0.1, 0.15) is 41.0 Å². The highest BCUT2D eigenvalue weighted by molar-refractivity contribution is 7.93. The number of thiophene rings is 2. The third kappa shape index (κ3) is 11.7. The maximum Gasteiger partial charge on any atom is 0.267 e. The summed E-state index contributed by atoms with van der Waals surface area (Å²) in [5, 5.41) is 16.0. The van der Waals surface area contributed by atoms with Gasteiger partial charge in [-0.3, -0.25) is 19.2 Å². The number of ketones is 2. The molecule has 2 aromatic carbocycles. The number of carbonyl (C=O) groups is 4. The van der Waals surface area contributed by atoms with Crippen molar-refractivity contribution >= 4 is 112 Å². The van der Waals surface area contributed by atoms with E-state index in [1.807, 2.05) is 39.8 Å². The number of rotatable bonds is 14. The van der Waals surface area contributed by atoms with Gasteiger partial charge in [-0.2, -0.15) is 0 Å². The maximum atomic E-state index is 13.4. The summed E-state index contributed by atoms with van der Waals surface area (Å²) < 4.78 is 66.4. The molecule has 0 radical (unpaired) electrons. The minimum atomic E-state index is -4.19. The van der Waals surface area contributed by atoms with Gasteiger partial charge in [0.25, 0.3) is 43.6 Å². The number of anilines is 4. The summed E-state index contributed by atoms with van der Waals surface area (Å²) in [4.78, 5) is 52.8. The van der Waals surface area contributed by atoms with Crippen LogP contribution in [0.4, 0.5) is 23.1 Å². The van der Waals surface area contributed by atoms with Crippen molar-refractivity contribution in [3.8, 4) is 0 Å². The number of Topliss-reactive ketones (excluding diaryl/α,β-unsaturated/α-hetero) is 2. The minimum absolute atomic E-state index is 0.0165. The van der Waals surface area contributed by atoms with Gasteiger partial charge in [-0.25, -0.2) is 26.3 Å². The lowest BCUT2D eigenvalue weighted by atomic mass is 9.82. The van der Waals surface area contributed by atoms with Gasteiger partial charge in [0.15, 0.2) is 11.6 Å². The zero-order valence-electron chi connectivity index (χ0n) is 39.2. The van der Waals surface area contributed by atoms with E-state index in [1.54, 1.807) is 26.0 Å². The van der Waals surface area contributed by atoms with Crippen LogP contribution in [-0.2, 0) is 20.0 Å². The molecule has 8 rings (SSSR count). The second kappa shape index (κ2) is 21.9. The monoisotopic (exact) mass is 1070 g/mol. The summed E-state index contributed by atoms with van der Waals surface area (Å²) >= 11 is 14.0. The number of nitrogens with zero attached hydrogens (tertiary/aromatic N) is 2. The predicted octanol–water partition coefficient (Wildman–Crippen LogP) is 12.3. The molecule has 0 atom stereocenters. The number of nitrogens with one attached hydrogen (secondary N) is 4. The zero-order valence-corrected chi connectivity index (χ0v) is 44.0. The molecule has 4 heterocycles. The van der Waals surface area contributed by atoms with E-state index in [0.717, 1.165) is 109 Å². The Balaban J connectivity index is 0.000000206. The molecule has 2 aliphatic rings. The number of hydrogen-bond acceptors (Lipinski definition) is 14. The predicted molar refractivity (Wildman–Crippen MR) is 272 cm³/mol. The molecular weight excluding hydrogens is 1020 g/mol. The Kier molecular flexibility index (Phi) is 16.4. The summed E-state index contributed by atoms with van der Waals surface area (Å²) in [5.74, 6) is -1.80. The van der Waals surface area contributed by atoms with Crippen LogP contribution in [0, 0.1) is 53.4 Å². The Hall–Kier alpha value is -5.38. The van der Waals surface area contributed by atoms with Gasteiger partial charge in [-0.15, -0.1) is 22.7 Å². The van der Waals surface area contributed by atoms with Crippen LogP contribution in [0.2, 0.25) is 10.0 Å². The zero-order chi connectivity index (χ0) is 50.7. The smallest absolute Gasteiger partial charge is 0.267 e. The average molecular weight is 1070 g/mol. The molecule has 0 aliphatic heterocycles. The van der Waals surface area contributed by atoms with E-state index in [1.165, 1.54) is 22.9 Å². The Morgan fingerprint density at radius 2 is 0.929 bits per heavy atom. The quantitative estimate of drug-likeness (QED) is 0.0746. The number of hydrogen-bond donors (Lipinski definition) is 4. The first kappa shape index (κ1) is 52.4. The highest BCUT2D eigenvalue weighted by Crippen LogP contribution is 2.36. The molecule has 2 amide bonds. The fourth-order valence-corrected chi connectivity index (χ4v) is 13.7. The van der Waals surface area contributed by atoms with E-state index in [0.29, 0.717) is 33.9 Å². The van der Waals surface area contributed by atoms with Gasteiger partial charge in [0, 0.05) is 23.0 Å². The van der Waals surface area contributed by atoms with Crippen LogP contribution in [0.1, 0.15) is 138 Å². The fourth-order valence-electron chi connectivity index (χ4n) is 8.71. The van der Waals surface area contributed by atoms with Crippen molar-refractivity contribution in [2.45, 2.75) is 116 Å². The van der Waals surface area contributed by atoms with Crippen molar-refractivity contribution in [2.75, 3.05) is 20.1 Å². The fraction of sp³-hybridized carbons (Fsp3) is 0.375. The molecule has 22 heteroatoms. The Morgan fingerprint density at radius 3 is 1.26 bits per heavy atom. The molecule has 6 aromatic rings. The van der Waals surface area contributed by atoms with Gasteiger partial charge in [0.05, 0.1) is 11.4 Å². The summed E-state index contributed by atoms with van der Waals surface area (Å²) in [6.45, 7) is 10.6. The molecule has 0 spiro atoms. The Labute approximate surface area is 424 Å². The Morgan fingerprint density at radius 1 is 0.571 bits per heavy atom. The molecule has 4 N–H and O–H groups in total. The van der Waals surface area contributed by atoms with E-state index in [-0.39, 0.29) is 64.8 Å². The maximum absolute atomic E-state index is 13.4. The van der Waals surface area contributed by atoms with Crippen molar-refractivity contribution in [3.05, 3.63) is 112 Å². The van der Waals surface area contributed by atoms with Crippen molar-refractivity contribution in [2.24, 2.45) is 11.8 Å². The molecule has 0 unspecified atom stereocenters. The van der Waals surface area contributed by atoms with Crippen molar-refractivity contribution in [1.29, 1.82) is 0 Å². The van der Waals surface area contributed by atoms with Gasteiger partial charge < -0.3 is 19.7 Å². The van der Waals surface area contributed by atoms with E-state index in [4.69, 9.17) is 32.2 Å². The number of halogens is 2. The van der Waals surface area contributed by atoms with Crippen LogP contribution < -0.4 is 20.1 Å². The number of aryl methyl sites for hydroxylation is 6. The van der Waals surface area contributed by atoms with Crippen molar-refractivity contribution in [3.63, 3.8) is 0 Å². The summed E-state index contributed by atoms with van der Waals surface area (Å²) in [7, 11) is -8.39. The first-order chi connectivity index (χ1) is 33.2. The van der Waals surface area contributed by atoms with E-state index >= 15 is 0 Å². The molecule has 2 aliphatic carbocycles. The van der Waals surface area contributed by atoms with Gasteiger partial charge in [-0.1, -0.05) is 84.2 Å². The van der Waals surface area contributed by atoms with Crippen LogP contribution in [0.3, 0.4) is 0 Å². The summed E-state index contributed by atoms with van der Waals surface area (Å²) in [6, 6.07) is 10.0. The molecule has 372 valence electrons. The number of aromatic nitrogens is 2. The van der Waals surface area contributed by atoms with E-state index in [9.17, 15) is 36.0 Å². The lowest BCUT2D eigenvalue weighted by Crippen LogP contribution is -2.23. The van der Waals surface area contributed by atoms with Gasteiger partial charge >= 0.3 is 0 Å². The number of benzene rings is 2. The summed E-state index contributed by atoms with van der Waals surface area (Å²) in [5.41, 5.74) is 5.72. The second-order valence-corrected chi connectivity index (χ2v) is 23.5. The van der Waals surface area contributed by atoms with Crippen LogP contribution in [0.25, 0.3) is 0 Å². The topological polar surface area (TPSA) is 237 Å². The molecule has 2 saturated carbocycles. The van der Waals surface area contributed by atoms with Crippen LogP contribution in [-0.4, -0.2) is 50.5 Å². The molecular formula is C48H52Cl2N6O10S4. The molecule has 16 nitrogen and oxygen atoms in total. The first-order valence-electron chi connectivity index (χ1n) is 22.5. The Bertz CT molecular complexity index is 2990. The van der Waals surface area contributed by atoms with Crippen LogP contribution in [0.5, 0.6) is 0 Å². The highest BCUT2D eigenvalue weighted by Gasteiger charge is 2.32. The van der Waals surface area contributed by atoms with E-state index in [2.05, 4.69) is 30.4 Å². The van der Waals surface area contributed by atoms with Gasteiger partial charge in [0.2, 0.25) is 0 Å². The van der Waals surface area contributed by atoms with Crippen LogP contribution >= 0.6 is 45.9 Å².